The van der Waals surface area contributed by atoms with E-state index in [9.17, 15) is 23.7 Å². The van der Waals surface area contributed by atoms with E-state index in [1.54, 1.807) is 0 Å². The summed E-state index contributed by atoms with van der Waals surface area (Å²) in [5.74, 6) is -3.47. The third kappa shape index (κ3) is 3.97. The third-order valence-corrected chi connectivity index (χ3v) is 2.38. The molecule has 0 aliphatic rings. The molecule has 0 bridgehead atoms. The van der Waals surface area contributed by atoms with Gasteiger partial charge in [-0.2, -0.15) is 0 Å². The highest BCUT2D eigenvalue weighted by molar-refractivity contribution is 5.93. The minimum atomic E-state index is -1.38. The number of hydrogen-bond donors (Lipinski definition) is 0. The Morgan fingerprint density at radius 3 is 2.47 bits per heavy atom. The Morgan fingerprint density at radius 2 is 1.95 bits per heavy atom. The van der Waals surface area contributed by atoms with Crippen molar-refractivity contribution in [3.05, 3.63) is 39.4 Å². The van der Waals surface area contributed by atoms with Gasteiger partial charge in [-0.3, -0.25) is 10.1 Å². The Morgan fingerprint density at radius 1 is 1.37 bits per heavy atom. The maximum absolute atomic E-state index is 13.0. The molecule has 0 N–H and O–H groups in total. The van der Waals surface area contributed by atoms with E-state index >= 15 is 0 Å². The van der Waals surface area contributed by atoms with E-state index in [1.807, 2.05) is 13.8 Å². The number of benzene rings is 1. The van der Waals surface area contributed by atoms with Gasteiger partial charge in [0.15, 0.2) is 11.6 Å². The number of nitro benzene ring substituents is 1. The van der Waals surface area contributed by atoms with Crippen LogP contribution in [0.15, 0.2) is 12.1 Å². The van der Waals surface area contributed by atoms with Gasteiger partial charge in [-0.1, -0.05) is 13.8 Å². The Labute approximate surface area is 108 Å². The molecule has 19 heavy (non-hydrogen) atoms. The second-order valence-corrected chi connectivity index (χ2v) is 4.36. The SMILES string of the molecule is CC(C)CCOC(=O)c1cc(F)c(F)cc1[N+](=O)[O-]. The predicted octanol–water partition coefficient (Wildman–Crippen LogP) is 3.08. The van der Waals surface area contributed by atoms with Crippen molar-refractivity contribution in [3.8, 4) is 0 Å². The van der Waals surface area contributed by atoms with Gasteiger partial charge in [0.05, 0.1) is 17.6 Å². The van der Waals surface area contributed by atoms with Crippen molar-refractivity contribution in [3.63, 3.8) is 0 Å². The van der Waals surface area contributed by atoms with Gasteiger partial charge >= 0.3 is 5.97 Å². The van der Waals surface area contributed by atoms with Crippen molar-refractivity contribution in [1.82, 2.24) is 0 Å². The summed E-state index contributed by atoms with van der Waals surface area (Å²) < 4.78 is 30.7. The average molecular weight is 273 g/mol. The zero-order chi connectivity index (χ0) is 14.6. The third-order valence-electron chi connectivity index (χ3n) is 2.38. The lowest BCUT2D eigenvalue weighted by atomic mass is 10.1. The lowest BCUT2D eigenvalue weighted by Gasteiger charge is -2.07. The van der Waals surface area contributed by atoms with Crippen LogP contribution >= 0.6 is 0 Å². The van der Waals surface area contributed by atoms with E-state index in [2.05, 4.69) is 0 Å². The summed E-state index contributed by atoms with van der Waals surface area (Å²) in [5, 5.41) is 10.7. The van der Waals surface area contributed by atoms with Gasteiger partial charge in [0.2, 0.25) is 0 Å². The topological polar surface area (TPSA) is 69.4 Å². The van der Waals surface area contributed by atoms with Gasteiger partial charge in [-0.25, -0.2) is 13.6 Å². The van der Waals surface area contributed by atoms with Crippen molar-refractivity contribution in [2.45, 2.75) is 20.3 Å². The van der Waals surface area contributed by atoms with Crippen molar-refractivity contribution in [2.75, 3.05) is 6.61 Å². The number of nitro groups is 1. The van der Waals surface area contributed by atoms with Gasteiger partial charge in [-0.15, -0.1) is 0 Å². The second kappa shape index (κ2) is 6.21. The van der Waals surface area contributed by atoms with Gasteiger partial charge in [0, 0.05) is 0 Å². The molecule has 0 heterocycles. The molecule has 1 rings (SSSR count). The van der Waals surface area contributed by atoms with E-state index in [-0.39, 0.29) is 12.5 Å². The fraction of sp³-hybridized carbons (Fsp3) is 0.417. The number of carbonyl (C=O) groups excluding carboxylic acids is 1. The van der Waals surface area contributed by atoms with E-state index < -0.39 is 33.8 Å². The highest BCUT2D eigenvalue weighted by Gasteiger charge is 2.25. The Kier molecular flexibility index (Phi) is 4.91. The highest BCUT2D eigenvalue weighted by Crippen LogP contribution is 2.23. The minimum absolute atomic E-state index is 0.0622. The molecule has 0 saturated heterocycles. The molecule has 7 heteroatoms. The molecule has 0 aliphatic carbocycles. The molecular formula is C12H13F2NO4. The molecule has 1 aromatic rings. The number of nitrogens with zero attached hydrogens (tertiary/aromatic N) is 1. The first-order valence-electron chi connectivity index (χ1n) is 5.63. The van der Waals surface area contributed by atoms with Crippen LogP contribution in [0.4, 0.5) is 14.5 Å². The van der Waals surface area contributed by atoms with Crippen LogP contribution in [0.5, 0.6) is 0 Å². The normalized spacial score (nSPS) is 10.6. The van der Waals surface area contributed by atoms with Gasteiger partial charge in [0.1, 0.15) is 5.56 Å². The molecule has 104 valence electrons. The fourth-order valence-corrected chi connectivity index (χ4v) is 1.32. The molecule has 0 fully saturated rings. The van der Waals surface area contributed by atoms with E-state index in [1.165, 1.54) is 0 Å². The second-order valence-electron chi connectivity index (χ2n) is 4.36. The Balaban J connectivity index is 2.95. The largest absolute Gasteiger partial charge is 0.462 e. The van der Waals surface area contributed by atoms with Gasteiger partial charge in [-0.05, 0) is 18.4 Å². The number of ether oxygens (including phenoxy) is 1. The molecular weight excluding hydrogens is 260 g/mol. The Bertz CT molecular complexity index is 503. The zero-order valence-corrected chi connectivity index (χ0v) is 10.5. The van der Waals surface area contributed by atoms with E-state index in [0.29, 0.717) is 18.6 Å². The van der Waals surface area contributed by atoms with Gasteiger partial charge in [0.25, 0.3) is 5.69 Å². The molecule has 1 aromatic carbocycles. The minimum Gasteiger partial charge on any atom is -0.462 e. The summed E-state index contributed by atoms with van der Waals surface area (Å²) in [6, 6.07) is 0.847. The van der Waals surface area contributed by atoms with Crippen LogP contribution in [-0.2, 0) is 4.74 Å². The van der Waals surface area contributed by atoms with E-state index in [4.69, 9.17) is 4.74 Å². The van der Waals surface area contributed by atoms with Gasteiger partial charge < -0.3 is 4.74 Å². The summed E-state index contributed by atoms with van der Waals surface area (Å²) >= 11 is 0. The van der Waals surface area contributed by atoms with Crippen molar-refractivity contribution in [1.29, 1.82) is 0 Å². The van der Waals surface area contributed by atoms with Crippen molar-refractivity contribution >= 4 is 11.7 Å². The fourth-order valence-electron chi connectivity index (χ4n) is 1.32. The predicted molar refractivity (Wildman–Crippen MR) is 62.7 cm³/mol. The molecule has 0 saturated carbocycles. The van der Waals surface area contributed by atoms with Crippen LogP contribution in [0, 0.1) is 27.7 Å². The summed E-state index contributed by atoms with van der Waals surface area (Å²) in [5.41, 5.74) is -1.40. The van der Waals surface area contributed by atoms with Crippen LogP contribution < -0.4 is 0 Å². The quantitative estimate of drug-likeness (QED) is 0.469. The smallest absolute Gasteiger partial charge is 0.345 e. The van der Waals surface area contributed by atoms with Crippen LogP contribution in [0.1, 0.15) is 30.6 Å². The summed E-state index contributed by atoms with van der Waals surface area (Å²) in [6.45, 7) is 3.88. The number of rotatable bonds is 5. The van der Waals surface area contributed by atoms with Crippen molar-refractivity contribution < 1.29 is 23.2 Å². The number of hydrogen-bond acceptors (Lipinski definition) is 4. The van der Waals surface area contributed by atoms with Crippen LogP contribution in [0.2, 0.25) is 0 Å². The summed E-state index contributed by atoms with van der Waals surface area (Å²) in [6.07, 6.45) is 0.573. The monoisotopic (exact) mass is 273 g/mol. The first-order valence-corrected chi connectivity index (χ1v) is 5.63. The van der Waals surface area contributed by atoms with Crippen LogP contribution in [0.25, 0.3) is 0 Å². The first kappa shape index (κ1) is 15.0. The molecule has 0 atom stereocenters. The standard InChI is InChI=1S/C12H13F2NO4/c1-7(2)3-4-19-12(16)8-5-9(13)10(14)6-11(8)15(17)18/h5-7H,3-4H2,1-2H3. The maximum Gasteiger partial charge on any atom is 0.345 e. The first-order chi connectivity index (χ1) is 8.82. The van der Waals surface area contributed by atoms with Crippen molar-refractivity contribution in [2.24, 2.45) is 5.92 Å². The molecule has 0 spiro atoms. The number of halogens is 2. The molecule has 0 aromatic heterocycles. The summed E-state index contributed by atoms with van der Waals surface area (Å²) in [7, 11) is 0. The molecule has 0 amide bonds. The number of carbonyl (C=O) groups is 1. The Hall–Kier alpha value is -2.05. The average Bonchev–Trinajstić information content (AvgIpc) is 2.31. The highest BCUT2D eigenvalue weighted by atomic mass is 19.2. The molecule has 0 radical (unpaired) electrons. The number of esters is 1. The zero-order valence-electron chi connectivity index (χ0n) is 10.5. The summed E-state index contributed by atoms with van der Waals surface area (Å²) in [4.78, 5) is 21.3. The molecule has 0 unspecified atom stereocenters. The maximum atomic E-state index is 13.0. The van der Waals surface area contributed by atoms with Crippen LogP contribution in [-0.4, -0.2) is 17.5 Å². The lowest BCUT2D eigenvalue weighted by molar-refractivity contribution is -0.385. The lowest BCUT2D eigenvalue weighted by Crippen LogP contribution is -2.11. The van der Waals surface area contributed by atoms with E-state index in [0.717, 1.165) is 0 Å². The molecule has 5 nitrogen and oxygen atoms in total. The molecule has 0 aliphatic heterocycles. The van der Waals surface area contributed by atoms with Crippen LogP contribution in [0.3, 0.4) is 0 Å².